The molecular formula is C18H17N3OS. The van der Waals surface area contributed by atoms with Crippen molar-refractivity contribution in [2.45, 2.75) is 19.8 Å². The fourth-order valence-electron chi connectivity index (χ4n) is 2.28. The van der Waals surface area contributed by atoms with Crippen LogP contribution in [0.25, 0.3) is 10.6 Å². The van der Waals surface area contributed by atoms with Gasteiger partial charge >= 0.3 is 0 Å². The minimum Gasteiger partial charge on any atom is -0.301 e. The number of benzene rings is 2. The molecule has 0 saturated carbocycles. The molecule has 0 aliphatic carbocycles. The van der Waals surface area contributed by atoms with E-state index in [-0.39, 0.29) is 5.91 Å². The number of carbonyl (C=O) groups excluding carboxylic acids is 1. The molecule has 116 valence electrons. The lowest BCUT2D eigenvalue weighted by Crippen LogP contribution is -2.12. The highest BCUT2D eigenvalue weighted by atomic mass is 32.1. The van der Waals surface area contributed by atoms with Crippen molar-refractivity contribution in [3.05, 3.63) is 65.7 Å². The first-order valence-corrected chi connectivity index (χ1v) is 8.27. The molecule has 3 aromatic rings. The number of nitrogens with zero attached hydrogens (tertiary/aromatic N) is 2. The first kappa shape index (κ1) is 15.4. The van der Waals surface area contributed by atoms with Crippen molar-refractivity contribution in [1.82, 2.24) is 10.2 Å². The van der Waals surface area contributed by atoms with Gasteiger partial charge < -0.3 is 5.32 Å². The van der Waals surface area contributed by atoms with Gasteiger partial charge in [-0.25, -0.2) is 0 Å². The van der Waals surface area contributed by atoms with Gasteiger partial charge in [0.2, 0.25) is 11.0 Å². The van der Waals surface area contributed by atoms with Crippen molar-refractivity contribution in [3.63, 3.8) is 0 Å². The fourth-order valence-corrected chi connectivity index (χ4v) is 3.13. The van der Waals surface area contributed by atoms with Gasteiger partial charge in [-0.15, -0.1) is 10.2 Å². The molecular weight excluding hydrogens is 306 g/mol. The summed E-state index contributed by atoms with van der Waals surface area (Å²) in [6.45, 7) is 2.04. The fraction of sp³-hybridized carbons (Fsp3) is 0.167. The van der Waals surface area contributed by atoms with Crippen LogP contribution in [-0.4, -0.2) is 16.1 Å². The Labute approximate surface area is 139 Å². The van der Waals surface area contributed by atoms with Crippen LogP contribution in [0.5, 0.6) is 0 Å². The summed E-state index contributed by atoms with van der Waals surface area (Å²) in [6.07, 6.45) is 1.15. The summed E-state index contributed by atoms with van der Waals surface area (Å²) in [5.74, 6) is -0.0404. The lowest BCUT2D eigenvalue weighted by Gasteiger charge is -2.01. The summed E-state index contributed by atoms with van der Waals surface area (Å²) in [5.41, 5.74) is 3.35. The van der Waals surface area contributed by atoms with Crippen LogP contribution in [-0.2, 0) is 11.2 Å². The van der Waals surface area contributed by atoms with Crippen molar-refractivity contribution < 1.29 is 4.79 Å². The molecule has 0 atom stereocenters. The summed E-state index contributed by atoms with van der Waals surface area (Å²) in [6, 6.07) is 18.0. The predicted octanol–water partition coefficient (Wildman–Crippen LogP) is 4.08. The average molecular weight is 323 g/mol. The molecule has 0 bridgehead atoms. The number of aryl methyl sites for hydroxylation is 2. The van der Waals surface area contributed by atoms with Gasteiger partial charge in [0.15, 0.2) is 0 Å². The molecule has 2 aromatic carbocycles. The summed E-state index contributed by atoms with van der Waals surface area (Å²) in [7, 11) is 0. The largest absolute Gasteiger partial charge is 0.301 e. The van der Waals surface area contributed by atoms with Crippen LogP contribution in [0.4, 0.5) is 5.13 Å². The molecule has 0 aliphatic rings. The van der Waals surface area contributed by atoms with Gasteiger partial charge in [0, 0.05) is 12.0 Å². The zero-order valence-electron chi connectivity index (χ0n) is 12.8. The van der Waals surface area contributed by atoms with Gasteiger partial charge in [-0.3, -0.25) is 4.79 Å². The molecule has 0 fully saturated rings. The van der Waals surface area contributed by atoms with Crippen molar-refractivity contribution in [2.75, 3.05) is 5.32 Å². The van der Waals surface area contributed by atoms with E-state index in [4.69, 9.17) is 0 Å². The summed E-state index contributed by atoms with van der Waals surface area (Å²) >= 11 is 1.40. The molecule has 1 amide bonds. The van der Waals surface area contributed by atoms with Crippen LogP contribution in [0.1, 0.15) is 17.5 Å². The van der Waals surface area contributed by atoms with Gasteiger partial charge in [0.1, 0.15) is 5.01 Å². The molecule has 0 spiro atoms. The quantitative estimate of drug-likeness (QED) is 0.769. The number of rotatable bonds is 5. The van der Waals surface area contributed by atoms with Crippen molar-refractivity contribution in [2.24, 2.45) is 0 Å². The first-order valence-electron chi connectivity index (χ1n) is 7.45. The Balaban J connectivity index is 1.61. The van der Waals surface area contributed by atoms with Gasteiger partial charge in [-0.2, -0.15) is 0 Å². The van der Waals surface area contributed by atoms with Crippen LogP contribution < -0.4 is 5.32 Å². The Kier molecular flexibility index (Phi) is 4.78. The molecule has 1 aromatic heterocycles. The molecule has 5 heteroatoms. The molecule has 0 saturated heterocycles. The molecule has 0 aliphatic heterocycles. The van der Waals surface area contributed by atoms with Crippen LogP contribution in [0.15, 0.2) is 54.6 Å². The minimum atomic E-state index is -0.0404. The third kappa shape index (κ3) is 4.02. The number of hydrogen-bond donors (Lipinski definition) is 1. The highest BCUT2D eigenvalue weighted by molar-refractivity contribution is 7.18. The second kappa shape index (κ2) is 7.15. The standard InChI is InChI=1S/C18H17N3OS/c1-13-7-5-6-10-15(13)17-20-21-18(23-17)19-16(22)12-11-14-8-3-2-4-9-14/h2-10H,11-12H2,1H3,(H,19,21,22). The molecule has 1 N–H and O–H groups in total. The molecule has 0 unspecified atom stereocenters. The highest BCUT2D eigenvalue weighted by Crippen LogP contribution is 2.28. The third-order valence-electron chi connectivity index (χ3n) is 3.53. The van der Waals surface area contributed by atoms with Gasteiger partial charge in [0.05, 0.1) is 0 Å². The van der Waals surface area contributed by atoms with E-state index in [0.717, 1.165) is 28.1 Å². The highest BCUT2D eigenvalue weighted by Gasteiger charge is 2.11. The predicted molar refractivity (Wildman–Crippen MR) is 93.5 cm³/mol. The monoisotopic (exact) mass is 323 g/mol. The van der Waals surface area contributed by atoms with Crippen molar-refractivity contribution in [3.8, 4) is 10.6 Å². The second-order valence-electron chi connectivity index (χ2n) is 5.26. The maximum Gasteiger partial charge on any atom is 0.226 e. The number of amides is 1. The zero-order valence-corrected chi connectivity index (χ0v) is 13.6. The molecule has 4 nitrogen and oxygen atoms in total. The Bertz CT molecular complexity index is 799. The maximum atomic E-state index is 12.0. The Morgan fingerprint density at radius 3 is 2.57 bits per heavy atom. The maximum absolute atomic E-state index is 12.0. The van der Waals surface area contributed by atoms with Crippen molar-refractivity contribution in [1.29, 1.82) is 0 Å². The van der Waals surface area contributed by atoms with Crippen LogP contribution in [0.3, 0.4) is 0 Å². The molecule has 0 radical (unpaired) electrons. The van der Waals surface area contributed by atoms with Crippen LogP contribution >= 0.6 is 11.3 Å². The topological polar surface area (TPSA) is 54.9 Å². The Morgan fingerprint density at radius 2 is 1.78 bits per heavy atom. The third-order valence-corrected chi connectivity index (χ3v) is 4.40. The zero-order chi connectivity index (χ0) is 16.1. The summed E-state index contributed by atoms with van der Waals surface area (Å²) < 4.78 is 0. The van der Waals surface area contributed by atoms with E-state index in [1.54, 1.807) is 0 Å². The van der Waals surface area contributed by atoms with E-state index in [9.17, 15) is 4.79 Å². The van der Waals surface area contributed by atoms with E-state index in [1.165, 1.54) is 11.3 Å². The smallest absolute Gasteiger partial charge is 0.226 e. The number of nitrogens with one attached hydrogen (secondary N) is 1. The second-order valence-corrected chi connectivity index (χ2v) is 6.24. The van der Waals surface area contributed by atoms with Gasteiger partial charge in [-0.1, -0.05) is 65.9 Å². The van der Waals surface area contributed by atoms with E-state index in [2.05, 4.69) is 15.5 Å². The van der Waals surface area contributed by atoms with Crippen LogP contribution in [0, 0.1) is 6.92 Å². The Morgan fingerprint density at radius 1 is 1.04 bits per heavy atom. The van der Waals surface area contributed by atoms with E-state index < -0.39 is 0 Å². The number of aromatic nitrogens is 2. The normalized spacial score (nSPS) is 10.5. The molecule has 3 rings (SSSR count). The SMILES string of the molecule is Cc1ccccc1-c1nnc(NC(=O)CCc2ccccc2)s1. The number of anilines is 1. The van der Waals surface area contributed by atoms with E-state index in [1.807, 2.05) is 61.5 Å². The molecule has 23 heavy (non-hydrogen) atoms. The van der Waals surface area contributed by atoms with Gasteiger partial charge in [-0.05, 0) is 24.5 Å². The van der Waals surface area contributed by atoms with Gasteiger partial charge in [0.25, 0.3) is 0 Å². The Hall–Kier alpha value is -2.53. The lowest BCUT2D eigenvalue weighted by atomic mass is 10.1. The van der Waals surface area contributed by atoms with Crippen LogP contribution in [0.2, 0.25) is 0 Å². The van der Waals surface area contributed by atoms with E-state index >= 15 is 0 Å². The number of hydrogen-bond acceptors (Lipinski definition) is 4. The number of carbonyl (C=O) groups is 1. The minimum absolute atomic E-state index is 0.0404. The average Bonchev–Trinajstić information content (AvgIpc) is 3.02. The first-order chi connectivity index (χ1) is 11.2. The lowest BCUT2D eigenvalue weighted by molar-refractivity contribution is -0.116. The summed E-state index contributed by atoms with van der Waals surface area (Å²) in [5, 5.41) is 12.4. The van der Waals surface area contributed by atoms with Crippen molar-refractivity contribution >= 4 is 22.4 Å². The molecule has 1 heterocycles. The van der Waals surface area contributed by atoms with E-state index in [0.29, 0.717) is 11.6 Å². The summed E-state index contributed by atoms with van der Waals surface area (Å²) in [4.78, 5) is 12.0.